The predicted octanol–water partition coefficient (Wildman–Crippen LogP) is 1.48. The van der Waals surface area contributed by atoms with Crippen molar-refractivity contribution >= 4 is 17.5 Å². The molecular formula is C22H42ClN5O. The number of carbonyl (C=O) groups is 1. The number of piperidine rings is 2. The number of hydrogen-bond donors (Lipinski definition) is 3. The van der Waals surface area contributed by atoms with E-state index in [1.165, 1.54) is 25.7 Å². The fraction of sp³-hybridized carbons (Fsp3) is 0.955. The maximum absolute atomic E-state index is 13.4. The first kappa shape index (κ1) is 23.3. The van der Waals surface area contributed by atoms with Crippen LogP contribution >= 0.6 is 11.6 Å². The van der Waals surface area contributed by atoms with Crippen molar-refractivity contribution in [2.24, 2.45) is 23.5 Å². The minimum absolute atomic E-state index is 0.00303. The fourth-order valence-electron chi connectivity index (χ4n) is 5.45. The highest BCUT2D eigenvalue weighted by atomic mass is 35.5. The second kappa shape index (κ2) is 11.3. The third kappa shape index (κ3) is 5.85. The van der Waals surface area contributed by atoms with Crippen molar-refractivity contribution in [3.05, 3.63) is 0 Å². The molecule has 6 nitrogen and oxygen atoms in total. The van der Waals surface area contributed by atoms with E-state index in [0.717, 1.165) is 58.7 Å². The van der Waals surface area contributed by atoms with Gasteiger partial charge in [0.2, 0.25) is 5.91 Å². The van der Waals surface area contributed by atoms with E-state index in [2.05, 4.69) is 34.4 Å². The van der Waals surface area contributed by atoms with Gasteiger partial charge in [-0.05, 0) is 38.3 Å². The largest absolute Gasteiger partial charge is 0.340 e. The summed E-state index contributed by atoms with van der Waals surface area (Å²) in [6, 6.07) is 0.342. The zero-order valence-corrected chi connectivity index (χ0v) is 19.2. The van der Waals surface area contributed by atoms with Crippen LogP contribution in [0.3, 0.4) is 0 Å². The first-order chi connectivity index (χ1) is 14.0. The molecule has 3 rings (SSSR count). The summed E-state index contributed by atoms with van der Waals surface area (Å²) in [4.78, 5) is 17.8. The van der Waals surface area contributed by atoms with Crippen LogP contribution in [-0.2, 0) is 4.79 Å². The molecule has 3 aliphatic heterocycles. The third-order valence-corrected chi connectivity index (χ3v) is 8.01. The number of hydrogen-bond acceptors (Lipinski definition) is 5. The van der Waals surface area contributed by atoms with Crippen LogP contribution in [0, 0.1) is 17.8 Å². The Morgan fingerprint density at radius 1 is 1.14 bits per heavy atom. The summed E-state index contributed by atoms with van der Waals surface area (Å²) in [5, 5.41) is 7.05. The molecule has 0 aromatic heterocycles. The Morgan fingerprint density at radius 3 is 2.59 bits per heavy atom. The summed E-state index contributed by atoms with van der Waals surface area (Å²) >= 11 is 7.14. The highest BCUT2D eigenvalue weighted by molar-refractivity contribution is 6.21. The van der Waals surface area contributed by atoms with Gasteiger partial charge in [0, 0.05) is 51.4 Å². The molecule has 0 saturated carbocycles. The van der Waals surface area contributed by atoms with Gasteiger partial charge in [0.25, 0.3) is 0 Å². The number of piperazine rings is 1. The van der Waals surface area contributed by atoms with E-state index in [9.17, 15) is 4.79 Å². The van der Waals surface area contributed by atoms with E-state index in [-0.39, 0.29) is 29.3 Å². The summed E-state index contributed by atoms with van der Waals surface area (Å²) in [6.45, 7) is 8.45. The topological polar surface area (TPSA) is 73.6 Å². The SMILES string of the molecule is CCCCCCC1C(C(=O)N2CCN(C)CC2)CNC(C2CCNCC2N)C1Cl. The van der Waals surface area contributed by atoms with Gasteiger partial charge in [-0.1, -0.05) is 32.6 Å². The van der Waals surface area contributed by atoms with Crippen LogP contribution in [0.25, 0.3) is 0 Å². The molecule has 0 bridgehead atoms. The Balaban J connectivity index is 1.68. The summed E-state index contributed by atoms with van der Waals surface area (Å²) in [5.41, 5.74) is 6.44. The zero-order chi connectivity index (χ0) is 20.8. The Hall–Kier alpha value is -0.400. The highest BCUT2D eigenvalue weighted by Gasteiger charge is 2.46. The van der Waals surface area contributed by atoms with Crippen LogP contribution in [0.2, 0.25) is 0 Å². The molecule has 0 radical (unpaired) electrons. The van der Waals surface area contributed by atoms with E-state index in [1.54, 1.807) is 0 Å². The summed E-state index contributed by atoms with van der Waals surface area (Å²) in [6.07, 6.45) is 7.00. The molecule has 29 heavy (non-hydrogen) atoms. The van der Waals surface area contributed by atoms with Gasteiger partial charge in [0.1, 0.15) is 0 Å². The van der Waals surface area contributed by atoms with E-state index in [4.69, 9.17) is 17.3 Å². The van der Waals surface area contributed by atoms with Crippen molar-refractivity contribution in [1.82, 2.24) is 20.4 Å². The van der Waals surface area contributed by atoms with Crippen LogP contribution < -0.4 is 16.4 Å². The average Bonchev–Trinajstić information content (AvgIpc) is 2.73. The van der Waals surface area contributed by atoms with Crippen molar-refractivity contribution in [2.75, 3.05) is 52.9 Å². The van der Waals surface area contributed by atoms with Gasteiger partial charge in [-0.3, -0.25) is 4.79 Å². The first-order valence-corrected chi connectivity index (χ1v) is 12.3. The van der Waals surface area contributed by atoms with Crippen LogP contribution in [0.4, 0.5) is 0 Å². The standard InChI is InChI=1S/C22H42ClN5O/c1-3-4-5-6-7-16-18(22(29)28-12-10-27(2)11-13-28)14-26-21(20(16)23)17-8-9-25-15-19(17)24/h16-21,25-26H,3-15,24H2,1-2H3. The molecule has 6 unspecified atom stereocenters. The number of amides is 1. The molecular weight excluding hydrogens is 386 g/mol. The van der Waals surface area contributed by atoms with E-state index in [1.807, 2.05) is 0 Å². The third-order valence-electron chi connectivity index (χ3n) is 7.41. The normalized spacial score (nSPS) is 36.9. The molecule has 0 aliphatic carbocycles. The quantitative estimate of drug-likeness (QED) is 0.424. The minimum Gasteiger partial charge on any atom is -0.340 e. The number of halogens is 1. The molecule has 1 amide bonds. The van der Waals surface area contributed by atoms with Crippen molar-refractivity contribution < 1.29 is 4.79 Å². The van der Waals surface area contributed by atoms with Crippen LogP contribution in [-0.4, -0.2) is 86.0 Å². The lowest BCUT2D eigenvalue weighted by atomic mass is 9.73. The molecule has 7 heteroatoms. The first-order valence-electron chi connectivity index (χ1n) is 11.8. The van der Waals surface area contributed by atoms with Gasteiger partial charge >= 0.3 is 0 Å². The van der Waals surface area contributed by atoms with Gasteiger partial charge in [0.05, 0.1) is 11.3 Å². The molecule has 6 atom stereocenters. The number of unbranched alkanes of at least 4 members (excludes halogenated alkanes) is 3. The van der Waals surface area contributed by atoms with Crippen molar-refractivity contribution in [3.63, 3.8) is 0 Å². The van der Waals surface area contributed by atoms with E-state index in [0.29, 0.717) is 11.8 Å². The number of nitrogens with zero attached hydrogens (tertiary/aromatic N) is 2. The summed E-state index contributed by atoms with van der Waals surface area (Å²) in [5.74, 6) is 0.937. The second-order valence-corrected chi connectivity index (χ2v) is 9.95. The zero-order valence-electron chi connectivity index (χ0n) is 18.4. The molecule has 168 valence electrons. The fourth-order valence-corrected chi connectivity index (χ4v) is 6.03. The number of nitrogens with two attached hydrogens (primary N) is 1. The number of carbonyl (C=O) groups excluding carboxylic acids is 1. The molecule has 0 aromatic carbocycles. The van der Waals surface area contributed by atoms with Crippen LogP contribution in [0.15, 0.2) is 0 Å². The highest BCUT2D eigenvalue weighted by Crippen LogP contribution is 2.37. The lowest BCUT2D eigenvalue weighted by molar-refractivity contribution is -0.140. The van der Waals surface area contributed by atoms with Gasteiger partial charge in [-0.15, -0.1) is 11.6 Å². The molecule has 3 heterocycles. The van der Waals surface area contributed by atoms with Crippen molar-refractivity contribution in [2.45, 2.75) is 62.9 Å². The van der Waals surface area contributed by atoms with E-state index >= 15 is 0 Å². The molecule has 3 fully saturated rings. The molecule has 3 saturated heterocycles. The van der Waals surface area contributed by atoms with Gasteiger partial charge in [-0.25, -0.2) is 0 Å². The van der Waals surface area contributed by atoms with Crippen molar-refractivity contribution in [1.29, 1.82) is 0 Å². The predicted molar refractivity (Wildman–Crippen MR) is 120 cm³/mol. The molecule has 0 spiro atoms. The van der Waals surface area contributed by atoms with Crippen LogP contribution in [0.1, 0.15) is 45.4 Å². The Bertz CT molecular complexity index is 513. The Morgan fingerprint density at radius 2 is 1.90 bits per heavy atom. The van der Waals surface area contributed by atoms with Gasteiger partial charge < -0.3 is 26.2 Å². The number of alkyl halides is 1. The maximum Gasteiger partial charge on any atom is 0.227 e. The Kier molecular flexibility index (Phi) is 9.05. The smallest absolute Gasteiger partial charge is 0.227 e. The lowest BCUT2D eigenvalue weighted by Gasteiger charge is -2.47. The van der Waals surface area contributed by atoms with Gasteiger partial charge in [-0.2, -0.15) is 0 Å². The van der Waals surface area contributed by atoms with Gasteiger partial charge in [0.15, 0.2) is 0 Å². The second-order valence-electron chi connectivity index (χ2n) is 9.45. The van der Waals surface area contributed by atoms with Crippen molar-refractivity contribution in [3.8, 4) is 0 Å². The number of rotatable bonds is 7. The monoisotopic (exact) mass is 427 g/mol. The van der Waals surface area contributed by atoms with E-state index < -0.39 is 0 Å². The number of nitrogens with one attached hydrogen (secondary N) is 2. The number of likely N-dealkylation sites (N-methyl/N-ethyl adjacent to an activating group) is 1. The average molecular weight is 428 g/mol. The molecule has 0 aromatic rings. The van der Waals surface area contributed by atoms with Crippen LogP contribution in [0.5, 0.6) is 0 Å². The summed E-state index contributed by atoms with van der Waals surface area (Å²) in [7, 11) is 2.13. The Labute approximate surface area is 182 Å². The molecule has 3 aliphatic rings. The molecule has 4 N–H and O–H groups in total. The minimum atomic E-state index is -0.0269. The lowest BCUT2D eigenvalue weighted by Crippen LogP contribution is -2.63. The maximum atomic E-state index is 13.4. The summed E-state index contributed by atoms with van der Waals surface area (Å²) < 4.78 is 0.